The van der Waals surface area contributed by atoms with Gasteiger partial charge in [0, 0.05) is 12.6 Å². The number of aryl methyl sites for hydroxylation is 1. The second-order valence-corrected chi connectivity index (χ2v) is 5.67. The van der Waals surface area contributed by atoms with Gasteiger partial charge in [-0.3, -0.25) is 4.79 Å². The Balaban J connectivity index is 2.08. The summed E-state index contributed by atoms with van der Waals surface area (Å²) in [6.45, 7) is 8.93. The molecule has 1 aliphatic rings. The van der Waals surface area contributed by atoms with Crippen molar-refractivity contribution >= 4 is 5.91 Å². The van der Waals surface area contributed by atoms with Gasteiger partial charge in [-0.25, -0.2) is 0 Å². The summed E-state index contributed by atoms with van der Waals surface area (Å²) in [6, 6.07) is 4.21. The Morgan fingerprint density at radius 2 is 2.11 bits per heavy atom. The zero-order valence-corrected chi connectivity index (χ0v) is 12.3. The maximum absolute atomic E-state index is 12.5. The van der Waals surface area contributed by atoms with E-state index in [0.717, 1.165) is 30.9 Å². The van der Waals surface area contributed by atoms with Crippen LogP contribution in [0.3, 0.4) is 0 Å². The highest BCUT2D eigenvalue weighted by molar-refractivity contribution is 5.83. The highest BCUT2D eigenvalue weighted by Crippen LogP contribution is 2.26. The zero-order chi connectivity index (χ0) is 14.0. The maximum atomic E-state index is 12.5. The first-order valence-corrected chi connectivity index (χ1v) is 7.12. The van der Waals surface area contributed by atoms with E-state index >= 15 is 0 Å². The molecule has 1 fully saturated rings. The number of amides is 1. The van der Waals surface area contributed by atoms with Gasteiger partial charge in [0.1, 0.15) is 11.5 Å². The summed E-state index contributed by atoms with van der Waals surface area (Å²) >= 11 is 0. The summed E-state index contributed by atoms with van der Waals surface area (Å²) in [6.07, 6.45) is 1.97. The molecule has 19 heavy (non-hydrogen) atoms. The lowest BCUT2D eigenvalue weighted by molar-refractivity contribution is -0.139. The summed E-state index contributed by atoms with van der Waals surface area (Å²) in [5.74, 6) is 1.96. The van der Waals surface area contributed by atoms with E-state index in [9.17, 15) is 4.79 Å². The van der Waals surface area contributed by atoms with Gasteiger partial charge < -0.3 is 14.6 Å². The number of piperidine rings is 1. The van der Waals surface area contributed by atoms with Gasteiger partial charge in [0.05, 0.1) is 12.1 Å². The molecular weight excluding hydrogens is 240 g/mol. The summed E-state index contributed by atoms with van der Waals surface area (Å²) in [5, 5.41) is 3.35. The number of hydrogen-bond acceptors (Lipinski definition) is 3. The largest absolute Gasteiger partial charge is 0.464 e. The third kappa shape index (κ3) is 3.18. The van der Waals surface area contributed by atoms with Crippen molar-refractivity contribution in [2.24, 2.45) is 0 Å². The van der Waals surface area contributed by atoms with Gasteiger partial charge in [0.2, 0.25) is 5.91 Å². The minimum atomic E-state index is -0.0488. The standard InChI is InChI=1S/C15H24N2O2/c1-10(2)16-13-6-5-9-17(15(13)18)12(4)14-8-7-11(3)19-14/h7-8,10,12-13,16H,5-6,9H2,1-4H3. The van der Waals surface area contributed by atoms with Crippen LogP contribution in [0, 0.1) is 6.92 Å². The Kier molecular flexibility index (Phi) is 4.30. The molecular formula is C15H24N2O2. The van der Waals surface area contributed by atoms with Crippen molar-refractivity contribution in [3.63, 3.8) is 0 Å². The molecule has 1 N–H and O–H groups in total. The molecule has 0 saturated carbocycles. The van der Waals surface area contributed by atoms with E-state index in [0.29, 0.717) is 6.04 Å². The normalized spacial score (nSPS) is 22.1. The Labute approximate surface area is 115 Å². The molecule has 0 aromatic carbocycles. The average molecular weight is 264 g/mol. The molecule has 1 aromatic rings. The number of carbonyl (C=O) groups excluding carboxylic acids is 1. The van der Waals surface area contributed by atoms with Gasteiger partial charge in [-0.15, -0.1) is 0 Å². The van der Waals surface area contributed by atoms with Crippen LogP contribution in [0.1, 0.15) is 51.2 Å². The topological polar surface area (TPSA) is 45.5 Å². The third-order valence-corrected chi connectivity index (χ3v) is 3.65. The van der Waals surface area contributed by atoms with Crippen LogP contribution in [-0.4, -0.2) is 29.4 Å². The summed E-state index contributed by atoms with van der Waals surface area (Å²) in [7, 11) is 0. The lowest BCUT2D eigenvalue weighted by atomic mass is 10.0. The van der Waals surface area contributed by atoms with Crippen molar-refractivity contribution in [2.75, 3.05) is 6.54 Å². The Morgan fingerprint density at radius 1 is 1.37 bits per heavy atom. The van der Waals surface area contributed by atoms with Crippen molar-refractivity contribution in [3.05, 3.63) is 23.7 Å². The summed E-state index contributed by atoms with van der Waals surface area (Å²) in [5.41, 5.74) is 0. The van der Waals surface area contributed by atoms with Crippen LogP contribution in [0.5, 0.6) is 0 Å². The van der Waals surface area contributed by atoms with Gasteiger partial charge in [-0.1, -0.05) is 13.8 Å². The summed E-state index contributed by atoms with van der Waals surface area (Å²) < 4.78 is 5.65. The van der Waals surface area contributed by atoms with Crippen molar-refractivity contribution < 1.29 is 9.21 Å². The molecule has 2 rings (SSSR count). The quantitative estimate of drug-likeness (QED) is 0.909. The molecule has 106 valence electrons. The molecule has 4 nitrogen and oxygen atoms in total. The molecule has 0 radical (unpaired) electrons. The number of nitrogens with zero attached hydrogens (tertiary/aromatic N) is 1. The molecule has 0 spiro atoms. The molecule has 1 aromatic heterocycles. The number of hydrogen-bond donors (Lipinski definition) is 1. The second-order valence-electron chi connectivity index (χ2n) is 5.67. The van der Waals surface area contributed by atoms with Crippen LogP contribution >= 0.6 is 0 Å². The van der Waals surface area contributed by atoms with E-state index in [1.807, 2.05) is 30.9 Å². The molecule has 0 bridgehead atoms. The van der Waals surface area contributed by atoms with Crippen molar-refractivity contribution in [3.8, 4) is 0 Å². The van der Waals surface area contributed by atoms with Gasteiger partial charge in [-0.05, 0) is 38.8 Å². The van der Waals surface area contributed by atoms with Crippen LogP contribution < -0.4 is 5.32 Å². The minimum Gasteiger partial charge on any atom is -0.464 e. The van der Waals surface area contributed by atoms with Crippen molar-refractivity contribution in [1.82, 2.24) is 10.2 Å². The predicted octanol–water partition coefficient (Wildman–Crippen LogP) is 2.64. The Hall–Kier alpha value is -1.29. The molecule has 0 aliphatic carbocycles. The molecule has 2 heterocycles. The minimum absolute atomic E-state index is 0.0120. The molecule has 1 aliphatic heterocycles. The van der Waals surface area contributed by atoms with Crippen molar-refractivity contribution in [2.45, 2.75) is 58.7 Å². The van der Waals surface area contributed by atoms with Crippen molar-refractivity contribution in [1.29, 1.82) is 0 Å². The lowest BCUT2D eigenvalue weighted by Gasteiger charge is -2.36. The number of furan rings is 1. The number of nitrogens with one attached hydrogen (secondary N) is 1. The molecule has 1 amide bonds. The molecule has 4 heteroatoms. The van der Waals surface area contributed by atoms with Gasteiger partial charge >= 0.3 is 0 Å². The Morgan fingerprint density at radius 3 is 2.68 bits per heavy atom. The van der Waals surface area contributed by atoms with E-state index < -0.39 is 0 Å². The fourth-order valence-electron chi connectivity index (χ4n) is 2.67. The number of likely N-dealkylation sites (tertiary alicyclic amines) is 1. The second kappa shape index (κ2) is 5.78. The highest BCUT2D eigenvalue weighted by atomic mass is 16.3. The predicted molar refractivity (Wildman–Crippen MR) is 74.9 cm³/mol. The Bertz CT molecular complexity index is 439. The van der Waals surface area contributed by atoms with Crippen LogP contribution in [0.4, 0.5) is 0 Å². The van der Waals surface area contributed by atoms with Gasteiger partial charge in [0.15, 0.2) is 0 Å². The first-order chi connectivity index (χ1) is 8.99. The SMILES string of the molecule is Cc1ccc(C(C)N2CCCC(NC(C)C)C2=O)o1. The third-order valence-electron chi connectivity index (χ3n) is 3.65. The monoisotopic (exact) mass is 264 g/mol. The van der Waals surface area contributed by atoms with Crippen LogP contribution in [0.25, 0.3) is 0 Å². The number of carbonyl (C=O) groups is 1. The molecule has 2 atom stereocenters. The van der Waals surface area contributed by atoms with Crippen LogP contribution in [0.2, 0.25) is 0 Å². The van der Waals surface area contributed by atoms with E-state index in [1.54, 1.807) is 0 Å². The van der Waals surface area contributed by atoms with Gasteiger partial charge in [0.25, 0.3) is 0 Å². The fraction of sp³-hybridized carbons (Fsp3) is 0.667. The van der Waals surface area contributed by atoms with E-state index in [2.05, 4.69) is 19.2 Å². The molecule has 1 saturated heterocycles. The van der Waals surface area contributed by atoms with Crippen LogP contribution in [0.15, 0.2) is 16.5 Å². The first kappa shape index (κ1) is 14.1. The number of rotatable bonds is 4. The first-order valence-electron chi connectivity index (χ1n) is 7.12. The molecule has 2 unspecified atom stereocenters. The van der Waals surface area contributed by atoms with E-state index in [4.69, 9.17) is 4.42 Å². The zero-order valence-electron chi connectivity index (χ0n) is 12.3. The van der Waals surface area contributed by atoms with Gasteiger partial charge in [-0.2, -0.15) is 0 Å². The smallest absolute Gasteiger partial charge is 0.240 e. The summed E-state index contributed by atoms with van der Waals surface area (Å²) in [4.78, 5) is 14.4. The average Bonchev–Trinajstić information content (AvgIpc) is 2.77. The lowest BCUT2D eigenvalue weighted by Crippen LogP contribution is -2.52. The fourth-order valence-corrected chi connectivity index (χ4v) is 2.67. The van der Waals surface area contributed by atoms with E-state index in [-0.39, 0.29) is 18.0 Å². The van der Waals surface area contributed by atoms with Crippen LogP contribution in [-0.2, 0) is 4.79 Å². The van der Waals surface area contributed by atoms with E-state index in [1.165, 1.54) is 0 Å². The maximum Gasteiger partial charge on any atom is 0.240 e. The highest BCUT2D eigenvalue weighted by Gasteiger charge is 2.33.